The van der Waals surface area contributed by atoms with Gasteiger partial charge in [-0.2, -0.15) is 0 Å². The van der Waals surface area contributed by atoms with E-state index in [-0.39, 0.29) is 0 Å². The Hall–Kier alpha value is -2.59. The Morgan fingerprint density at radius 2 is 1.93 bits per heavy atom. The van der Waals surface area contributed by atoms with Crippen LogP contribution in [0.15, 0.2) is 39.9 Å². The van der Waals surface area contributed by atoms with Crippen LogP contribution in [-0.4, -0.2) is 14.8 Å². The molecule has 7 heteroatoms. The monoisotopic (exact) mass is 387 g/mol. The number of nitrogens with zero attached hydrogens (tertiary/aromatic N) is 3. The van der Waals surface area contributed by atoms with Gasteiger partial charge in [0.1, 0.15) is 11.6 Å². The Morgan fingerprint density at radius 3 is 2.67 bits per heavy atom. The van der Waals surface area contributed by atoms with Crippen LogP contribution in [-0.2, 0) is 12.8 Å². The molecule has 0 aliphatic heterocycles. The number of unbranched alkanes of at least 4 members (excludes halogenated alkanes) is 2. The van der Waals surface area contributed by atoms with Gasteiger partial charge in [-0.05, 0) is 42.2 Å². The van der Waals surface area contributed by atoms with Gasteiger partial charge in [0.15, 0.2) is 22.5 Å². The predicted octanol–water partition coefficient (Wildman–Crippen LogP) is 5.19. The first-order chi connectivity index (χ1) is 13.1. The van der Waals surface area contributed by atoms with Crippen LogP contribution in [0, 0.1) is 23.5 Å². The second-order valence-corrected chi connectivity index (χ2v) is 6.94. The van der Waals surface area contributed by atoms with Gasteiger partial charge < -0.3 is 8.98 Å². The van der Waals surface area contributed by atoms with Gasteiger partial charge in [0.05, 0.1) is 0 Å². The van der Waals surface area contributed by atoms with Crippen molar-refractivity contribution in [1.29, 1.82) is 0 Å². The molecule has 3 aromatic rings. The average Bonchev–Trinajstić information content (AvgIpc) is 3.23. The molecule has 0 spiro atoms. The fraction of sp³-hybridized carbons (Fsp3) is 0.300. The minimum Gasteiger partial charge on any atom is -0.444 e. The van der Waals surface area contributed by atoms with Gasteiger partial charge >= 0.3 is 0 Å². The first kappa shape index (κ1) is 19.2. The number of aromatic nitrogens is 3. The quantitative estimate of drug-likeness (QED) is 0.332. The number of benzene rings is 1. The number of rotatable bonds is 6. The molecule has 0 fully saturated rings. The SMILES string of the molecule is CCCCC#Cc1ccc(-c2nnc(SCc3cc(F)cc(F)c3)n2C)o1. The summed E-state index contributed by atoms with van der Waals surface area (Å²) in [5.41, 5.74) is 0.546. The van der Waals surface area contributed by atoms with Crippen molar-refractivity contribution >= 4 is 11.8 Å². The Kier molecular flexibility index (Phi) is 6.30. The summed E-state index contributed by atoms with van der Waals surface area (Å²) >= 11 is 1.35. The van der Waals surface area contributed by atoms with E-state index in [0.717, 1.165) is 25.3 Å². The average molecular weight is 387 g/mol. The molecule has 0 saturated carbocycles. The van der Waals surface area contributed by atoms with E-state index >= 15 is 0 Å². The van der Waals surface area contributed by atoms with Gasteiger partial charge in [-0.15, -0.1) is 10.2 Å². The smallest absolute Gasteiger partial charge is 0.200 e. The Bertz CT molecular complexity index is 965. The summed E-state index contributed by atoms with van der Waals surface area (Å²) in [5.74, 6) is 7.03. The highest BCUT2D eigenvalue weighted by Gasteiger charge is 2.15. The third-order valence-electron chi connectivity index (χ3n) is 3.82. The molecule has 0 aliphatic carbocycles. The molecule has 140 valence electrons. The molecule has 4 nitrogen and oxygen atoms in total. The molecular weight excluding hydrogens is 368 g/mol. The van der Waals surface area contributed by atoms with E-state index < -0.39 is 11.6 Å². The van der Waals surface area contributed by atoms with E-state index in [1.807, 2.05) is 19.2 Å². The van der Waals surface area contributed by atoms with Gasteiger partial charge in [0, 0.05) is 25.3 Å². The summed E-state index contributed by atoms with van der Waals surface area (Å²) in [4.78, 5) is 0. The second kappa shape index (κ2) is 8.87. The number of halogens is 2. The molecule has 0 unspecified atom stereocenters. The molecule has 1 aromatic carbocycles. The van der Waals surface area contributed by atoms with E-state index in [4.69, 9.17) is 4.42 Å². The van der Waals surface area contributed by atoms with Gasteiger partial charge in [-0.25, -0.2) is 8.78 Å². The first-order valence-electron chi connectivity index (χ1n) is 8.63. The van der Waals surface area contributed by atoms with Crippen LogP contribution < -0.4 is 0 Å². The summed E-state index contributed by atoms with van der Waals surface area (Å²) < 4.78 is 34.1. The number of furan rings is 1. The second-order valence-electron chi connectivity index (χ2n) is 6.00. The fourth-order valence-corrected chi connectivity index (χ4v) is 3.28. The van der Waals surface area contributed by atoms with Crippen molar-refractivity contribution in [2.75, 3.05) is 0 Å². The van der Waals surface area contributed by atoms with E-state index in [9.17, 15) is 8.78 Å². The lowest BCUT2D eigenvalue weighted by Gasteiger charge is -2.03. The van der Waals surface area contributed by atoms with E-state index in [1.54, 1.807) is 4.57 Å². The molecule has 0 amide bonds. The van der Waals surface area contributed by atoms with Crippen molar-refractivity contribution in [3.63, 3.8) is 0 Å². The summed E-state index contributed by atoms with van der Waals surface area (Å²) in [6, 6.07) is 7.09. The van der Waals surface area contributed by atoms with Crippen molar-refractivity contribution < 1.29 is 13.2 Å². The summed E-state index contributed by atoms with van der Waals surface area (Å²) in [5, 5.41) is 8.93. The van der Waals surface area contributed by atoms with Crippen LogP contribution in [0.2, 0.25) is 0 Å². The third-order valence-corrected chi connectivity index (χ3v) is 4.91. The van der Waals surface area contributed by atoms with Crippen molar-refractivity contribution in [3.8, 4) is 23.4 Å². The van der Waals surface area contributed by atoms with Crippen LogP contribution in [0.25, 0.3) is 11.6 Å². The molecular formula is C20H19F2N3OS. The topological polar surface area (TPSA) is 43.9 Å². The van der Waals surface area contributed by atoms with Crippen LogP contribution in [0.5, 0.6) is 0 Å². The predicted molar refractivity (Wildman–Crippen MR) is 101 cm³/mol. The van der Waals surface area contributed by atoms with E-state index in [2.05, 4.69) is 29.0 Å². The van der Waals surface area contributed by atoms with Crippen molar-refractivity contribution in [2.45, 2.75) is 37.1 Å². The van der Waals surface area contributed by atoms with E-state index in [1.165, 1.54) is 23.9 Å². The van der Waals surface area contributed by atoms with Crippen LogP contribution >= 0.6 is 11.8 Å². The molecule has 0 N–H and O–H groups in total. The lowest BCUT2D eigenvalue weighted by atomic mass is 10.2. The summed E-state index contributed by atoms with van der Waals surface area (Å²) in [6.45, 7) is 2.13. The van der Waals surface area contributed by atoms with Gasteiger partial charge in [0.25, 0.3) is 0 Å². The molecule has 0 atom stereocenters. The van der Waals surface area contributed by atoms with Crippen LogP contribution in [0.1, 0.15) is 37.5 Å². The largest absolute Gasteiger partial charge is 0.444 e. The molecule has 0 aliphatic rings. The van der Waals surface area contributed by atoms with Gasteiger partial charge in [0.2, 0.25) is 0 Å². The maximum atomic E-state index is 13.3. The Balaban J connectivity index is 1.69. The van der Waals surface area contributed by atoms with Crippen molar-refractivity contribution in [3.05, 3.63) is 53.3 Å². The molecule has 2 aromatic heterocycles. The zero-order valence-corrected chi connectivity index (χ0v) is 15.9. The zero-order valence-electron chi connectivity index (χ0n) is 15.1. The zero-order chi connectivity index (χ0) is 19.2. The molecule has 27 heavy (non-hydrogen) atoms. The Morgan fingerprint density at radius 1 is 1.15 bits per heavy atom. The number of thioether (sulfide) groups is 1. The standard InChI is InChI=1S/C20H19F2N3OS/c1-3-4-5-6-7-17-8-9-18(26-17)19-23-24-20(25(19)2)27-13-14-10-15(21)12-16(22)11-14/h8-12H,3-5,13H2,1-2H3. The van der Waals surface area contributed by atoms with Crippen LogP contribution in [0.3, 0.4) is 0 Å². The molecule has 0 saturated heterocycles. The maximum Gasteiger partial charge on any atom is 0.200 e. The highest BCUT2D eigenvalue weighted by molar-refractivity contribution is 7.98. The minimum atomic E-state index is -0.590. The van der Waals surface area contributed by atoms with Gasteiger partial charge in [-0.1, -0.05) is 31.0 Å². The minimum absolute atomic E-state index is 0.382. The summed E-state index contributed by atoms with van der Waals surface area (Å²) in [7, 11) is 1.82. The molecule has 0 bridgehead atoms. The van der Waals surface area contributed by atoms with Crippen molar-refractivity contribution in [2.24, 2.45) is 7.05 Å². The molecule has 2 heterocycles. The van der Waals surface area contributed by atoms with Crippen LogP contribution in [0.4, 0.5) is 8.78 Å². The molecule has 0 radical (unpaired) electrons. The fourth-order valence-electron chi connectivity index (χ4n) is 2.44. The first-order valence-corrected chi connectivity index (χ1v) is 9.61. The number of hydrogen-bond donors (Lipinski definition) is 0. The highest BCUT2D eigenvalue weighted by atomic mass is 32.2. The van der Waals surface area contributed by atoms with Gasteiger partial charge in [-0.3, -0.25) is 0 Å². The van der Waals surface area contributed by atoms with Crippen molar-refractivity contribution in [1.82, 2.24) is 14.8 Å². The molecule has 3 rings (SSSR count). The lowest BCUT2D eigenvalue weighted by molar-refractivity contribution is 0.560. The normalized spacial score (nSPS) is 10.7. The lowest BCUT2D eigenvalue weighted by Crippen LogP contribution is -1.94. The summed E-state index contributed by atoms with van der Waals surface area (Å²) in [6.07, 6.45) is 3.03. The number of hydrogen-bond acceptors (Lipinski definition) is 4. The highest BCUT2D eigenvalue weighted by Crippen LogP contribution is 2.26. The Labute approximate surface area is 161 Å². The van der Waals surface area contributed by atoms with E-state index in [0.29, 0.717) is 33.8 Å². The third kappa shape index (κ3) is 4.98. The maximum absolute atomic E-state index is 13.3.